The molecule has 0 saturated heterocycles. The molecule has 1 amide bonds. The summed E-state index contributed by atoms with van der Waals surface area (Å²) in [7, 11) is 0. The molecule has 0 atom stereocenters. The van der Waals surface area contributed by atoms with Crippen LogP contribution in [0.1, 0.15) is 27.0 Å². The smallest absolute Gasteiger partial charge is 0.271 e. The summed E-state index contributed by atoms with van der Waals surface area (Å²) < 4.78 is 2.20. The number of fused-ring (bicyclic) bond motifs is 1. The van der Waals surface area contributed by atoms with Crippen molar-refractivity contribution in [2.24, 2.45) is 5.10 Å². The molecular formula is C24H21N3O. The van der Waals surface area contributed by atoms with E-state index in [9.17, 15) is 4.79 Å². The van der Waals surface area contributed by atoms with Crippen LogP contribution in [0.4, 0.5) is 0 Å². The summed E-state index contributed by atoms with van der Waals surface area (Å²) in [5.74, 6) is -0.215. The molecular weight excluding hydrogens is 346 g/mol. The SMILES string of the molecule is Cc1cccc(C(=O)N/N=C\c2cn(Cc3ccccc3)c3ccccc23)c1. The number of benzene rings is 3. The maximum Gasteiger partial charge on any atom is 0.271 e. The number of amides is 1. The van der Waals surface area contributed by atoms with Gasteiger partial charge in [-0.3, -0.25) is 4.79 Å². The van der Waals surface area contributed by atoms with Gasteiger partial charge in [-0.25, -0.2) is 5.43 Å². The minimum atomic E-state index is -0.215. The number of carbonyl (C=O) groups excluding carboxylic acids is 1. The van der Waals surface area contributed by atoms with Crippen molar-refractivity contribution in [2.75, 3.05) is 0 Å². The topological polar surface area (TPSA) is 46.4 Å². The molecule has 0 aliphatic carbocycles. The lowest BCUT2D eigenvalue weighted by Gasteiger charge is -2.05. The highest BCUT2D eigenvalue weighted by Crippen LogP contribution is 2.21. The fraction of sp³-hybridized carbons (Fsp3) is 0.0833. The van der Waals surface area contributed by atoms with Crippen LogP contribution >= 0.6 is 0 Å². The second-order valence-electron chi connectivity index (χ2n) is 6.78. The molecule has 1 aromatic heterocycles. The number of hydrogen-bond donors (Lipinski definition) is 1. The second-order valence-corrected chi connectivity index (χ2v) is 6.78. The van der Waals surface area contributed by atoms with Crippen LogP contribution in [0.25, 0.3) is 10.9 Å². The number of carbonyl (C=O) groups is 1. The van der Waals surface area contributed by atoms with Gasteiger partial charge in [0.2, 0.25) is 0 Å². The van der Waals surface area contributed by atoms with Crippen LogP contribution < -0.4 is 5.43 Å². The van der Waals surface area contributed by atoms with Gasteiger partial charge in [0.15, 0.2) is 0 Å². The summed E-state index contributed by atoms with van der Waals surface area (Å²) in [6.07, 6.45) is 3.78. The highest BCUT2D eigenvalue weighted by atomic mass is 16.2. The standard InChI is InChI=1S/C24H21N3O/c1-18-8-7-11-20(14-18)24(28)26-25-15-21-17-27(16-19-9-3-2-4-10-19)23-13-6-5-12-22(21)23/h2-15,17H,16H2,1H3,(H,26,28)/b25-15-. The first kappa shape index (κ1) is 17.7. The Hall–Kier alpha value is -3.66. The van der Waals surface area contributed by atoms with Crippen molar-refractivity contribution in [3.63, 3.8) is 0 Å². The third kappa shape index (κ3) is 3.86. The van der Waals surface area contributed by atoms with Crippen LogP contribution in [0.3, 0.4) is 0 Å². The van der Waals surface area contributed by atoms with Gasteiger partial charge in [-0.1, -0.05) is 66.2 Å². The average molecular weight is 367 g/mol. The maximum atomic E-state index is 12.3. The van der Waals surface area contributed by atoms with Crippen molar-refractivity contribution in [3.8, 4) is 0 Å². The van der Waals surface area contributed by atoms with E-state index in [1.807, 2.05) is 55.5 Å². The molecule has 0 unspecified atom stereocenters. The average Bonchev–Trinajstić information content (AvgIpc) is 3.06. The number of aryl methyl sites for hydroxylation is 1. The molecule has 4 aromatic rings. The molecule has 0 fully saturated rings. The molecule has 0 radical (unpaired) electrons. The van der Waals surface area contributed by atoms with Gasteiger partial charge in [0.1, 0.15) is 0 Å². The quantitative estimate of drug-likeness (QED) is 0.401. The molecule has 4 heteroatoms. The fourth-order valence-electron chi connectivity index (χ4n) is 3.30. The molecule has 0 saturated carbocycles. The zero-order chi connectivity index (χ0) is 19.3. The molecule has 4 rings (SSSR count). The maximum absolute atomic E-state index is 12.3. The number of hydrogen-bond acceptors (Lipinski definition) is 2. The van der Waals surface area contributed by atoms with Gasteiger partial charge < -0.3 is 4.57 Å². The zero-order valence-electron chi connectivity index (χ0n) is 15.7. The van der Waals surface area contributed by atoms with E-state index in [0.717, 1.165) is 28.6 Å². The summed E-state index contributed by atoms with van der Waals surface area (Å²) in [4.78, 5) is 12.3. The Morgan fingerprint density at radius 2 is 1.79 bits per heavy atom. The Bertz CT molecular complexity index is 1140. The van der Waals surface area contributed by atoms with Crippen LogP contribution in [-0.2, 0) is 6.54 Å². The Morgan fingerprint density at radius 3 is 2.61 bits per heavy atom. The van der Waals surface area contributed by atoms with E-state index in [2.05, 4.69) is 45.6 Å². The fourth-order valence-corrected chi connectivity index (χ4v) is 3.30. The number of hydrazone groups is 1. The minimum absolute atomic E-state index is 0.215. The molecule has 0 aliphatic heterocycles. The van der Waals surface area contributed by atoms with Gasteiger partial charge in [0.05, 0.1) is 6.21 Å². The Labute approximate surface area is 164 Å². The van der Waals surface area contributed by atoms with Crippen LogP contribution in [0, 0.1) is 6.92 Å². The van der Waals surface area contributed by atoms with Crippen molar-refractivity contribution in [3.05, 3.63) is 107 Å². The predicted octanol–water partition coefficient (Wildman–Crippen LogP) is 4.76. The van der Waals surface area contributed by atoms with Gasteiger partial charge in [-0.15, -0.1) is 0 Å². The largest absolute Gasteiger partial charge is 0.342 e. The predicted molar refractivity (Wildman–Crippen MR) is 114 cm³/mol. The highest BCUT2D eigenvalue weighted by molar-refractivity contribution is 6.00. The number of nitrogens with zero attached hydrogens (tertiary/aromatic N) is 2. The van der Waals surface area contributed by atoms with Gasteiger partial charge in [-0.2, -0.15) is 5.10 Å². The van der Waals surface area contributed by atoms with Gasteiger partial charge in [0, 0.05) is 34.8 Å². The van der Waals surface area contributed by atoms with Crippen molar-refractivity contribution in [2.45, 2.75) is 13.5 Å². The van der Waals surface area contributed by atoms with Gasteiger partial charge in [0.25, 0.3) is 5.91 Å². The monoisotopic (exact) mass is 367 g/mol. The van der Waals surface area contributed by atoms with Crippen molar-refractivity contribution in [1.82, 2.24) is 9.99 Å². The Balaban J connectivity index is 1.57. The zero-order valence-corrected chi connectivity index (χ0v) is 15.7. The summed E-state index contributed by atoms with van der Waals surface area (Å²) >= 11 is 0. The number of para-hydroxylation sites is 1. The van der Waals surface area contributed by atoms with E-state index in [-0.39, 0.29) is 5.91 Å². The molecule has 1 N–H and O–H groups in total. The molecule has 1 heterocycles. The van der Waals surface area contributed by atoms with Gasteiger partial charge in [-0.05, 0) is 30.7 Å². The van der Waals surface area contributed by atoms with Crippen LogP contribution in [0.2, 0.25) is 0 Å². The first-order valence-corrected chi connectivity index (χ1v) is 9.22. The third-order valence-electron chi connectivity index (χ3n) is 4.67. The summed E-state index contributed by atoms with van der Waals surface area (Å²) in [5, 5.41) is 5.28. The van der Waals surface area contributed by atoms with E-state index in [4.69, 9.17) is 0 Å². The molecule has 28 heavy (non-hydrogen) atoms. The molecule has 3 aromatic carbocycles. The van der Waals surface area contributed by atoms with E-state index < -0.39 is 0 Å². The molecule has 0 spiro atoms. The summed E-state index contributed by atoms with van der Waals surface area (Å²) in [6.45, 7) is 2.74. The first-order chi connectivity index (χ1) is 13.7. The van der Waals surface area contributed by atoms with Crippen molar-refractivity contribution in [1.29, 1.82) is 0 Å². The third-order valence-corrected chi connectivity index (χ3v) is 4.67. The van der Waals surface area contributed by atoms with Crippen LogP contribution in [-0.4, -0.2) is 16.7 Å². The molecule has 138 valence electrons. The summed E-state index contributed by atoms with van der Waals surface area (Å²) in [5.41, 5.74) is 7.60. The molecule has 0 aliphatic rings. The number of nitrogens with one attached hydrogen (secondary N) is 1. The first-order valence-electron chi connectivity index (χ1n) is 9.22. The number of rotatable bonds is 5. The minimum Gasteiger partial charge on any atom is -0.342 e. The van der Waals surface area contributed by atoms with Crippen molar-refractivity contribution >= 4 is 23.0 Å². The Kier molecular flexibility index (Phi) is 5.02. The second kappa shape index (κ2) is 7.92. The Morgan fingerprint density at radius 1 is 1.00 bits per heavy atom. The molecule has 0 bridgehead atoms. The number of aromatic nitrogens is 1. The van der Waals surface area contributed by atoms with E-state index in [1.165, 1.54) is 5.56 Å². The molecule has 4 nitrogen and oxygen atoms in total. The van der Waals surface area contributed by atoms with E-state index >= 15 is 0 Å². The lowest BCUT2D eigenvalue weighted by Crippen LogP contribution is -2.17. The lowest BCUT2D eigenvalue weighted by molar-refractivity contribution is 0.0955. The van der Waals surface area contributed by atoms with Crippen LogP contribution in [0.15, 0.2) is 90.2 Å². The normalized spacial score (nSPS) is 11.2. The van der Waals surface area contributed by atoms with Crippen molar-refractivity contribution < 1.29 is 4.79 Å². The van der Waals surface area contributed by atoms with Crippen LogP contribution in [0.5, 0.6) is 0 Å². The van der Waals surface area contributed by atoms with Gasteiger partial charge >= 0.3 is 0 Å². The summed E-state index contributed by atoms with van der Waals surface area (Å²) in [6, 6.07) is 26.0. The highest BCUT2D eigenvalue weighted by Gasteiger charge is 2.08. The van der Waals surface area contributed by atoms with E-state index in [1.54, 1.807) is 12.3 Å². The lowest BCUT2D eigenvalue weighted by atomic mass is 10.1. The van der Waals surface area contributed by atoms with E-state index in [0.29, 0.717) is 5.56 Å².